The van der Waals surface area contributed by atoms with Gasteiger partial charge in [-0.3, -0.25) is 14.4 Å². The van der Waals surface area contributed by atoms with Crippen LogP contribution in [0.15, 0.2) is 75.0 Å². The Hall–Kier alpha value is -8.37. The summed E-state index contributed by atoms with van der Waals surface area (Å²) in [6.07, 6.45) is -6.92. The van der Waals surface area contributed by atoms with E-state index in [0.717, 1.165) is 60.7 Å². The van der Waals surface area contributed by atoms with Crippen molar-refractivity contribution in [2.24, 2.45) is 11.8 Å². The first kappa shape index (κ1) is 44.7. The van der Waals surface area contributed by atoms with Gasteiger partial charge in [0.15, 0.2) is 46.7 Å². The van der Waals surface area contributed by atoms with Crippen LogP contribution in [0.5, 0.6) is 34.5 Å². The van der Waals surface area contributed by atoms with E-state index in [2.05, 4.69) is 0 Å². The van der Waals surface area contributed by atoms with E-state index < -0.39 is 160 Å². The molecule has 0 saturated carbocycles. The highest BCUT2D eigenvalue weighted by molar-refractivity contribution is 6.03. The number of phenols is 6. The largest absolute Gasteiger partial charge is 0.504 e. The van der Waals surface area contributed by atoms with Crippen LogP contribution >= 0.6 is 0 Å². The van der Waals surface area contributed by atoms with E-state index in [4.69, 9.17) is 18.6 Å². The summed E-state index contributed by atoms with van der Waals surface area (Å²) >= 11 is 0. The molecule has 2 aliphatic carbocycles. The Labute approximate surface area is 362 Å². The van der Waals surface area contributed by atoms with E-state index >= 15 is 0 Å². The third-order valence-corrected chi connectivity index (χ3v) is 11.2. The molecule has 0 amide bonds. The Morgan fingerprint density at radius 3 is 1.66 bits per heavy atom. The van der Waals surface area contributed by atoms with Crippen molar-refractivity contribution in [1.82, 2.24) is 0 Å². The molecule has 1 aromatic heterocycles. The number of aliphatic hydroxyl groups is 1. The number of aromatic hydroxyl groups is 6. The van der Waals surface area contributed by atoms with E-state index in [1.165, 1.54) is 6.07 Å². The zero-order chi connectivity index (χ0) is 47.3. The zero-order valence-electron chi connectivity index (χ0n) is 32.8. The van der Waals surface area contributed by atoms with E-state index in [1.54, 1.807) is 0 Å². The Bertz CT molecular complexity index is 2820. The Kier molecular flexibility index (Phi) is 11.7. The fraction of sp³-hybridized carbons (Fsp3) is 0.233. The summed E-state index contributed by atoms with van der Waals surface area (Å²) < 4.78 is 21.5. The van der Waals surface area contributed by atoms with Gasteiger partial charge in [0, 0.05) is 17.4 Å². The summed E-state index contributed by atoms with van der Waals surface area (Å²) in [4.78, 5) is 90.8. The molecule has 22 heteroatoms. The fourth-order valence-corrected chi connectivity index (χ4v) is 8.22. The molecular formula is C43H34O22. The van der Waals surface area contributed by atoms with Crippen molar-refractivity contribution in [3.63, 3.8) is 0 Å². The summed E-state index contributed by atoms with van der Waals surface area (Å²) in [5, 5.41) is 113. The molecular weight excluding hydrogens is 868 g/mol. The van der Waals surface area contributed by atoms with Gasteiger partial charge in [0.25, 0.3) is 0 Å². The molecule has 22 nitrogen and oxygen atoms in total. The molecule has 8 unspecified atom stereocenters. The lowest BCUT2D eigenvalue weighted by Crippen LogP contribution is -2.57. The minimum atomic E-state index is -2.20. The molecule has 11 N–H and O–H groups in total. The molecule has 65 heavy (non-hydrogen) atoms. The van der Waals surface area contributed by atoms with Gasteiger partial charge in [-0.05, 0) is 88.5 Å². The van der Waals surface area contributed by atoms with Crippen LogP contribution in [0.3, 0.4) is 0 Å². The minimum absolute atomic E-state index is 0.0130. The molecule has 1 saturated heterocycles. The number of carbonyl (C=O) groups is 6. The highest BCUT2D eigenvalue weighted by atomic mass is 16.6. The molecule has 4 aromatic rings. The van der Waals surface area contributed by atoms with E-state index in [9.17, 15) is 89.7 Å². The monoisotopic (exact) mass is 902 g/mol. The minimum Gasteiger partial charge on any atom is -0.504 e. The highest BCUT2D eigenvalue weighted by Crippen LogP contribution is 2.49. The molecule has 2 heterocycles. The first-order valence-corrected chi connectivity index (χ1v) is 19.0. The maximum Gasteiger partial charge on any atom is 0.371 e. The number of carboxylic acid groups (broad SMARTS) is 4. The van der Waals surface area contributed by atoms with Gasteiger partial charge in [-0.15, -0.1) is 0 Å². The van der Waals surface area contributed by atoms with Gasteiger partial charge in [0.05, 0.1) is 36.0 Å². The van der Waals surface area contributed by atoms with Gasteiger partial charge >= 0.3 is 41.4 Å². The average Bonchev–Trinajstić information content (AvgIpc) is 3.23. The third-order valence-electron chi connectivity index (χ3n) is 11.2. The van der Waals surface area contributed by atoms with Gasteiger partial charge in [-0.1, -0.05) is 6.07 Å². The van der Waals surface area contributed by atoms with Crippen LogP contribution in [0.2, 0.25) is 0 Å². The summed E-state index contributed by atoms with van der Waals surface area (Å²) in [6, 6.07) is 8.83. The predicted octanol–water partition coefficient (Wildman–Crippen LogP) is 1.79. The normalized spacial score (nSPS) is 23.4. The van der Waals surface area contributed by atoms with E-state index in [-0.39, 0.29) is 27.8 Å². The van der Waals surface area contributed by atoms with Gasteiger partial charge in [-0.25, -0.2) is 19.2 Å². The van der Waals surface area contributed by atoms with Crippen LogP contribution in [0.4, 0.5) is 0 Å². The number of benzene rings is 3. The summed E-state index contributed by atoms with van der Waals surface area (Å²) in [6.45, 7) is -0.804. The van der Waals surface area contributed by atoms with Crippen LogP contribution in [0.1, 0.15) is 62.2 Å². The molecule has 7 rings (SSSR count). The lowest BCUT2D eigenvalue weighted by atomic mass is 9.71. The number of fused-ring (bicyclic) bond motifs is 2. The smallest absolute Gasteiger partial charge is 0.371 e. The zero-order valence-corrected chi connectivity index (χ0v) is 32.8. The molecule has 3 aliphatic rings. The van der Waals surface area contributed by atoms with Crippen molar-refractivity contribution in [2.75, 3.05) is 6.61 Å². The molecule has 0 bridgehead atoms. The number of carbonyl (C=O) groups excluding carboxylic acids is 2. The number of rotatable bonds is 11. The van der Waals surface area contributed by atoms with Crippen molar-refractivity contribution < 1.29 is 104 Å². The van der Waals surface area contributed by atoms with Crippen LogP contribution in [0, 0.1) is 11.8 Å². The van der Waals surface area contributed by atoms with Crippen LogP contribution < -0.4 is 5.63 Å². The van der Waals surface area contributed by atoms with Gasteiger partial charge in [0.2, 0.25) is 5.76 Å². The molecule has 1 fully saturated rings. The quantitative estimate of drug-likeness (QED) is 0.0755. The first-order chi connectivity index (χ1) is 30.7. The Morgan fingerprint density at radius 2 is 1.14 bits per heavy atom. The summed E-state index contributed by atoms with van der Waals surface area (Å²) in [5.74, 6) is -21.8. The number of aliphatic hydroxyl groups excluding tert-OH is 1. The maximum atomic E-state index is 14.2. The number of ether oxygens (including phenoxy) is 3. The van der Waals surface area contributed by atoms with Crippen LogP contribution in [-0.2, 0) is 38.2 Å². The third kappa shape index (κ3) is 8.33. The highest BCUT2D eigenvalue weighted by Gasteiger charge is 2.50. The van der Waals surface area contributed by atoms with Gasteiger partial charge < -0.3 is 74.8 Å². The molecule has 338 valence electrons. The van der Waals surface area contributed by atoms with Crippen molar-refractivity contribution >= 4 is 48.0 Å². The first-order valence-electron chi connectivity index (χ1n) is 19.0. The van der Waals surface area contributed by atoms with Crippen LogP contribution in [0.25, 0.3) is 12.2 Å². The topological polar surface area (TPSA) is 383 Å². The SMILES string of the molecule is O=C(O)CC1OCC(OC(=O)C2=Cc3cc(O)c(O)cc3C(c3ccc(C(=O)O)oc3=O)C2C(=O)O)C(O)C1OC(=O)C1=Cc2cc(O)c(O)cc2C(c2ccc(O)c(O)c2)C1C(=O)O. The predicted molar refractivity (Wildman–Crippen MR) is 211 cm³/mol. The fourth-order valence-electron chi connectivity index (χ4n) is 8.22. The van der Waals surface area contributed by atoms with E-state index in [1.807, 2.05) is 0 Å². The number of aliphatic carboxylic acids is 3. The average molecular weight is 903 g/mol. The number of hydrogen-bond donors (Lipinski definition) is 11. The standard InChI is InChI=1S/C43H34O22/c44-22-3-1-14(7-23(22)45)32-18-10-26(48)24(46)8-15(18)5-20(34(32)39(55)56)43(61)65-37-29(12-31(50)51)62-13-30(36(37)52)64-42(60)21-6-16-9-25(47)27(49)11-19(16)33(35(21)40(57)58)17-2-4-28(38(53)54)63-41(17)59/h1-11,29-30,32-37,44-49,52H,12-13H2,(H,50,51)(H,53,54)(H,55,56)(H,57,58). The number of esters is 2. The number of aromatic carboxylic acids is 1. The molecule has 1 aliphatic heterocycles. The van der Waals surface area contributed by atoms with Gasteiger partial charge in [-0.2, -0.15) is 0 Å². The molecule has 0 radical (unpaired) electrons. The lowest BCUT2D eigenvalue weighted by molar-refractivity contribution is -0.217. The Balaban J connectivity index is 1.24. The Morgan fingerprint density at radius 1 is 0.615 bits per heavy atom. The lowest BCUT2D eigenvalue weighted by Gasteiger charge is -2.40. The van der Waals surface area contributed by atoms with E-state index in [0.29, 0.717) is 0 Å². The number of carboxylic acids is 4. The van der Waals surface area contributed by atoms with Crippen molar-refractivity contribution in [3.05, 3.63) is 115 Å². The maximum absolute atomic E-state index is 14.2. The second-order valence-corrected chi connectivity index (χ2v) is 15.1. The summed E-state index contributed by atoms with van der Waals surface area (Å²) in [7, 11) is 0. The molecule has 3 aromatic carbocycles. The second-order valence-electron chi connectivity index (χ2n) is 15.1. The number of hydrogen-bond acceptors (Lipinski definition) is 18. The van der Waals surface area contributed by atoms with Crippen LogP contribution in [-0.4, -0.2) is 123 Å². The van der Waals surface area contributed by atoms with Gasteiger partial charge in [0.1, 0.15) is 12.2 Å². The molecule has 0 spiro atoms. The van der Waals surface area contributed by atoms with Crippen molar-refractivity contribution in [2.45, 2.75) is 42.7 Å². The van der Waals surface area contributed by atoms with Crippen molar-refractivity contribution in [3.8, 4) is 34.5 Å². The summed E-state index contributed by atoms with van der Waals surface area (Å²) in [5.41, 5.74) is -3.57. The second kappa shape index (κ2) is 17.1. The number of phenolic OH excluding ortho intramolecular Hbond substituents is 6. The molecule has 8 atom stereocenters. The van der Waals surface area contributed by atoms with Crippen molar-refractivity contribution in [1.29, 1.82) is 0 Å².